The average molecular weight is 652 g/mol. The van der Waals surface area contributed by atoms with Crippen molar-refractivity contribution in [2.24, 2.45) is 0 Å². The van der Waals surface area contributed by atoms with Crippen molar-refractivity contribution in [3.63, 3.8) is 0 Å². The Morgan fingerprint density at radius 2 is 1.14 bits per heavy atom. The summed E-state index contributed by atoms with van der Waals surface area (Å²) in [4.78, 5) is 5.09. The minimum Gasteiger partial charge on any atom is -0.355 e. The highest BCUT2D eigenvalue weighted by Crippen LogP contribution is 2.47. The van der Waals surface area contributed by atoms with Crippen LogP contribution in [0.25, 0.3) is 11.1 Å². The normalized spacial score (nSPS) is 13.1. The zero-order valence-corrected chi connectivity index (χ0v) is 29.3. The standard InChI is InChI=1S/C46H36B2N3/c1-28-14-19-33(20-15-28)50-41-25-30(3)16-21-37(41)48-38-22-17-31(4)26-42(38)51-40-23-18-29(2)24-36(40)47-44-35(27-43(50)45(48)46(44)51)34-12-8-9-13-39(34)49-32-10-6-5-7-11-32/h5-27,49H,1-4H3. The largest absolute Gasteiger partial charge is 0.355 e. The molecule has 0 spiro atoms. The van der Waals surface area contributed by atoms with E-state index < -0.39 is 0 Å². The van der Waals surface area contributed by atoms with Crippen molar-refractivity contribution < 1.29 is 0 Å². The molecular formula is C46H36B2N3. The molecule has 3 aliphatic rings. The van der Waals surface area contributed by atoms with Crippen LogP contribution in [0.1, 0.15) is 22.3 Å². The maximum atomic E-state index is 3.77. The molecule has 0 atom stereocenters. The fourth-order valence-electron chi connectivity index (χ4n) is 8.55. The zero-order valence-electron chi connectivity index (χ0n) is 29.3. The van der Waals surface area contributed by atoms with Gasteiger partial charge in [0.15, 0.2) is 7.28 Å². The third-order valence-corrected chi connectivity index (χ3v) is 10.9. The van der Waals surface area contributed by atoms with Crippen LogP contribution in [0.15, 0.2) is 140 Å². The third kappa shape index (κ3) is 4.61. The molecule has 5 heteroatoms. The van der Waals surface area contributed by atoms with Gasteiger partial charge in [0.05, 0.1) is 0 Å². The van der Waals surface area contributed by atoms with Gasteiger partial charge in [0.25, 0.3) is 6.71 Å². The Hall–Kier alpha value is -5.93. The lowest BCUT2D eigenvalue weighted by atomic mass is 9.32. The van der Waals surface area contributed by atoms with E-state index in [-0.39, 0.29) is 6.71 Å². The molecule has 0 bridgehead atoms. The molecule has 0 aliphatic carbocycles. The number of para-hydroxylation sites is 2. The summed E-state index contributed by atoms with van der Waals surface area (Å²) in [5.41, 5.74) is 23.5. The van der Waals surface area contributed by atoms with Gasteiger partial charge < -0.3 is 15.1 Å². The van der Waals surface area contributed by atoms with E-state index in [9.17, 15) is 0 Å². The molecule has 1 N–H and O–H groups in total. The maximum Gasteiger partial charge on any atom is 0.252 e. The van der Waals surface area contributed by atoms with Crippen LogP contribution in [0.2, 0.25) is 0 Å². The Balaban J connectivity index is 1.34. The summed E-state index contributed by atoms with van der Waals surface area (Å²) in [6.07, 6.45) is 0. The predicted octanol–water partition coefficient (Wildman–Crippen LogP) is 8.38. The van der Waals surface area contributed by atoms with Crippen LogP contribution in [0.4, 0.5) is 45.5 Å². The van der Waals surface area contributed by atoms with Crippen LogP contribution < -0.4 is 42.4 Å². The van der Waals surface area contributed by atoms with E-state index in [0.717, 1.165) is 11.4 Å². The topological polar surface area (TPSA) is 18.5 Å². The molecule has 0 fully saturated rings. The zero-order chi connectivity index (χ0) is 34.4. The fraction of sp³-hybridized carbons (Fsp3) is 0.0870. The highest BCUT2D eigenvalue weighted by Gasteiger charge is 2.46. The molecule has 241 valence electrons. The summed E-state index contributed by atoms with van der Waals surface area (Å²) in [7, 11) is 2.45. The molecule has 10 rings (SSSR count). The van der Waals surface area contributed by atoms with Gasteiger partial charge in [-0.05, 0) is 115 Å². The Morgan fingerprint density at radius 1 is 0.510 bits per heavy atom. The first-order valence-corrected chi connectivity index (χ1v) is 17.9. The van der Waals surface area contributed by atoms with Crippen molar-refractivity contribution in [1.29, 1.82) is 0 Å². The van der Waals surface area contributed by atoms with Gasteiger partial charge in [-0.1, -0.05) is 107 Å². The van der Waals surface area contributed by atoms with Crippen LogP contribution in [-0.2, 0) is 0 Å². The molecule has 0 aromatic heterocycles. The average Bonchev–Trinajstić information content (AvgIpc) is 3.14. The number of nitrogens with zero attached hydrogens (tertiary/aromatic N) is 2. The molecule has 3 aliphatic heterocycles. The summed E-state index contributed by atoms with van der Waals surface area (Å²) in [5.74, 6) is 0. The fourth-order valence-corrected chi connectivity index (χ4v) is 8.55. The van der Waals surface area contributed by atoms with Crippen LogP contribution in [0, 0.1) is 27.7 Å². The molecule has 3 nitrogen and oxygen atoms in total. The summed E-state index contributed by atoms with van der Waals surface area (Å²) in [6, 6.07) is 51.8. The van der Waals surface area contributed by atoms with Gasteiger partial charge in [-0.3, -0.25) is 0 Å². The monoisotopic (exact) mass is 652 g/mol. The summed E-state index contributed by atoms with van der Waals surface area (Å²) in [5, 5.41) is 3.77. The van der Waals surface area contributed by atoms with Gasteiger partial charge in [-0.2, -0.15) is 0 Å². The van der Waals surface area contributed by atoms with Gasteiger partial charge in [0.1, 0.15) is 0 Å². The molecule has 0 saturated carbocycles. The first kappa shape index (κ1) is 29.9. The van der Waals surface area contributed by atoms with E-state index in [4.69, 9.17) is 0 Å². The number of anilines is 8. The Kier molecular flexibility index (Phi) is 6.63. The second kappa shape index (κ2) is 11.3. The maximum absolute atomic E-state index is 3.77. The van der Waals surface area contributed by atoms with Crippen LogP contribution in [0.3, 0.4) is 0 Å². The van der Waals surface area contributed by atoms with E-state index in [1.165, 1.54) is 94.8 Å². The van der Waals surface area contributed by atoms with Crippen molar-refractivity contribution in [3.05, 3.63) is 162 Å². The smallest absolute Gasteiger partial charge is 0.252 e. The van der Waals surface area contributed by atoms with Crippen LogP contribution in [0.5, 0.6) is 0 Å². The molecule has 0 saturated heterocycles. The highest BCUT2D eigenvalue weighted by atomic mass is 15.2. The van der Waals surface area contributed by atoms with Gasteiger partial charge in [0.2, 0.25) is 0 Å². The van der Waals surface area contributed by atoms with E-state index in [1.54, 1.807) is 0 Å². The number of rotatable bonds is 4. The summed E-state index contributed by atoms with van der Waals surface area (Å²) >= 11 is 0. The van der Waals surface area contributed by atoms with E-state index in [2.05, 4.69) is 190 Å². The number of benzene rings is 7. The SMILES string of the molecule is Cc1ccc(N2c3cc(C)ccc3B3c4ccc(C)cc4N4c5ccc(C)cc5[B]c5c(-c6ccccc6Nc6ccccc6)cc2c3c54)cc1. The lowest BCUT2D eigenvalue weighted by Crippen LogP contribution is -2.64. The number of aryl methyl sites for hydroxylation is 4. The second-order valence-corrected chi connectivity index (χ2v) is 14.4. The summed E-state index contributed by atoms with van der Waals surface area (Å²) < 4.78 is 0. The van der Waals surface area contributed by atoms with Gasteiger partial charge in [0, 0.05) is 51.1 Å². The van der Waals surface area contributed by atoms with Crippen molar-refractivity contribution in [1.82, 2.24) is 0 Å². The van der Waals surface area contributed by atoms with Gasteiger partial charge in [-0.15, -0.1) is 0 Å². The lowest BCUT2D eigenvalue weighted by molar-refractivity contribution is 1.24. The molecule has 51 heavy (non-hydrogen) atoms. The molecule has 0 unspecified atom stereocenters. The van der Waals surface area contributed by atoms with Crippen molar-refractivity contribution in [3.8, 4) is 11.1 Å². The minimum absolute atomic E-state index is 0.0880. The number of fused-ring (bicyclic) bond motifs is 7. The Labute approximate surface area is 301 Å². The minimum atomic E-state index is 0.0880. The van der Waals surface area contributed by atoms with Crippen LogP contribution >= 0.6 is 0 Å². The van der Waals surface area contributed by atoms with E-state index in [0.29, 0.717) is 0 Å². The quantitative estimate of drug-likeness (QED) is 0.193. The molecule has 7 aromatic rings. The third-order valence-electron chi connectivity index (χ3n) is 10.9. The molecule has 7 aromatic carbocycles. The Morgan fingerprint density at radius 3 is 1.88 bits per heavy atom. The van der Waals surface area contributed by atoms with Crippen molar-refractivity contribution >= 4 is 86.8 Å². The number of nitrogens with one attached hydrogen (secondary N) is 1. The first-order valence-electron chi connectivity index (χ1n) is 17.9. The molecule has 0 amide bonds. The molecule has 1 radical (unpaired) electrons. The first-order chi connectivity index (χ1) is 24.9. The van der Waals surface area contributed by atoms with E-state index >= 15 is 0 Å². The van der Waals surface area contributed by atoms with Crippen LogP contribution in [-0.4, -0.2) is 14.0 Å². The van der Waals surface area contributed by atoms with Crippen molar-refractivity contribution in [2.75, 3.05) is 15.1 Å². The van der Waals surface area contributed by atoms with E-state index in [1.807, 2.05) is 0 Å². The number of hydrogen-bond acceptors (Lipinski definition) is 3. The molecular weight excluding hydrogens is 616 g/mol. The second-order valence-electron chi connectivity index (χ2n) is 14.4. The van der Waals surface area contributed by atoms with Gasteiger partial charge in [-0.25, -0.2) is 0 Å². The molecule has 3 heterocycles. The number of hydrogen-bond donors (Lipinski definition) is 1. The van der Waals surface area contributed by atoms with Gasteiger partial charge >= 0.3 is 0 Å². The highest BCUT2D eigenvalue weighted by molar-refractivity contribution is 7.01. The van der Waals surface area contributed by atoms with Crippen molar-refractivity contribution in [2.45, 2.75) is 27.7 Å². The Bertz CT molecular complexity index is 2530. The predicted molar refractivity (Wildman–Crippen MR) is 220 cm³/mol. The lowest BCUT2D eigenvalue weighted by Gasteiger charge is -2.47. The summed E-state index contributed by atoms with van der Waals surface area (Å²) in [6.45, 7) is 8.87.